The second-order valence-electron chi connectivity index (χ2n) is 15.3. The van der Waals surface area contributed by atoms with E-state index >= 15 is 4.39 Å². The highest BCUT2D eigenvalue weighted by atomic mass is 35.5. The molecule has 0 bridgehead atoms. The highest BCUT2D eigenvalue weighted by Gasteiger charge is 2.49. The van der Waals surface area contributed by atoms with E-state index in [1.165, 1.54) is 56.5 Å². The summed E-state index contributed by atoms with van der Waals surface area (Å²) < 4.78 is 74.4. The van der Waals surface area contributed by atoms with Gasteiger partial charge in [0.1, 0.15) is 24.0 Å². The summed E-state index contributed by atoms with van der Waals surface area (Å²) in [6.45, 7) is 10.8. The van der Waals surface area contributed by atoms with Gasteiger partial charge >= 0.3 is 12.1 Å². The van der Waals surface area contributed by atoms with Crippen LogP contribution in [-0.2, 0) is 42.7 Å². The van der Waals surface area contributed by atoms with Crippen LogP contribution in [0.2, 0.25) is 10.0 Å². The average Bonchev–Trinajstić information content (AvgIpc) is 3.59. The minimum absolute atomic E-state index is 0.0328. The van der Waals surface area contributed by atoms with Crippen LogP contribution in [0.5, 0.6) is 5.75 Å². The standard InChI is InChI=1S/C39H53ClFN3O12.C6H4ClF/c1-25(56-38(47)54-21-20-53-19-18-52-17-16-51-15-14-50-13-12-48-5)55-37(46)26-10-11-30(32(22-26)49-6)44-36(45)35-33(27-8-7-9-29(40)34(27)41)28(24-42)31(43-35)23-39(2,3)4;7-5-2-1-3-6(8)4-5/h7-11,22,25,28,31,33,35,43H,12-21,23H2,1-6H3,(H,44,45);1-4H/t25?,28?,31?,33?,35-;/m1./s1. The van der Waals surface area contributed by atoms with Crippen molar-refractivity contribution >= 4 is 46.9 Å². The predicted octanol–water partition coefficient (Wildman–Crippen LogP) is 7.97. The maximum Gasteiger partial charge on any atom is 0.511 e. The number of nitrogens with zero attached hydrogens (tertiary/aromatic N) is 1. The summed E-state index contributed by atoms with van der Waals surface area (Å²) in [7, 11) is 2.96. The molecule has 1 saturated heterocycles. The van der Waals surface area contributed by atoms with Crippen LogP contribution >= 0.6 is 23.2 Å². The molecule has 0 aromatic heterocycles. The van der Waals surface area contributed by atoms with E-state index in [-0.39, 0.29) is 58.6 Å². The molecule has 1 aliphatic heterocycles. The van der Waals surface area contributed by atoms with Crippen LogP contribution in [0.15, 0.2) is 60.7 Å². The number of ether oxygens (including phenoxy) is 9. The van der Waals surface area contributed by atoms with Gasteiger partial charge < -0.3 is 53.3 Å². The number of rotatable bonds is 23. The molecule has 352 valence electrons. The number of anilines is 1. The molecule has 0 spiro atoms. The molecule has 4 rings (SSSR count). The summed E-state index contributed by atoms with van der Waals surface area (Å²) in [5.41, 5.74) is 0.197. The number of carbonyl (C=O) groups excluding carboxylic acids is 3. The third kappa shape index (κ3) is 18.8. The van der Waals surface area contributed by atoms with Gasteiger partial charge in [-0.2, -0.15) is 5.26 Å². The molecule has 5 atom stereocenters. The van der Waals surface area contributed by atoms with E-state index in [0.29, 0.717) is 57.7 Å². The first-order chi connectivity index (χ1) is 30.6. The number of methoxy groups -OCH3 is 2. The van der Waals surface area contributed by atoms with Gasteiger partial charge in [0.05, 0.1) is 101 Å². The summed E-state index contributed by atoms with van der Waals surface area (Å²) in [4.78, 5) is 38.8. The first-order valence-corrected chi connectivity index (χ1v) is 21.2. The number of nitrogens with one attached hydrogen (secondary N) is 2. The van der Waals surface area contributed by atoms with Crippen molar-refractivity contribution in [3.05, 3.63) is 93.5 Å². The Balaban J connectivity index is 0.00000122. The molecule has 3 aromatic carbocycles. The smallest absolute Gasteiger partial charge is 0.495 e. The fraction of sp³-hybridized carbons (Fsp3) is 0.511. The van der Waals surface area contributed by atoms with Crippen LogP contribution < -0.4 is 15.4 Å². The molecule has 0 aliphatic carbocycles. The van der Waals surface area contributed by atoms with Gasteiger partial charge in [-0.1, -0.05) is 62.2 Å². The fourth-order valence-electron chi connectivity index (χ4n) is 6.39. The quantitative estimate of drug-likeness (QED) is 0.0530. The van der Waals surface area contributed by atoms with Gasteiger partial charge in [-0.15, -0.1) is 0 Å². The Bertz CT molecular complexity index is 1950. The van der Waals surface area contributed by atoms with Gasteiger partial charge in [0.25, 0.3) is 0 Å². The molecule has 1 heterocycles. The van der Waals surface area contributed by atoms with Gasteiger partial charge in [0.2, 0.25) is 12.2 Å². The van der Waals surface area contributed by atoms with E-state index in [1.807, 2.05) is 20.8 Å². The van der Waals surface area contributed by atoms with E-state index in [4.69, 9.17) is 65.8 Å². The number of amides is 1. The highest BCUT2D eigenvalue weighted by Crippen LogP contribution is 2.42. The first-order valence-electron chi connectivity index (χ1n) is 20.4. The number of benzene rings is 3. The number of nitriles is 1. The molecule has 2 N–H and O–H groups in total. The van der Waals surface area contributed by atoms with E-state index in [0.717, 1.165) is 0 Å². The summed E-state index contributed by atoms with van der Waals surface area (Å²) >= 11 is 11.5. The van der Waals surface area contributed by atoms with Crippen molar-refractivity contribution in [3.8, 4) is 11.8 Å². The lowest BCUT2D eigenvalue weighted by Crippen LogP contribution is -2.42. The van der Waals surface area contributed by atoms with Crippen LogP contribution in [0.4, 0.5) is 19.3 Å². The zero-order valence-corrected chi connectivity index (χ0v) is 38.3. The third-order valence-corrected chi connectivity index (χ3v) is 9.72. The largest absolute Gasteiger partial charge is 0.511 e. The minimum atomic E-state index is -1.31. The van der Waals surface area contributed by atoms with Crippen LogP contribution in [0.1, 0.15) is 56.0 Å². The number of hydrogen-bond donors (Lipinski definition) is 2. The molecule has 15 nitrogen and oxygen atoms in total. The summed E-state index contributed by atoms with van der Waals surface area (Å²) in [6.07, 6.45) is -1.83. The second kappa shape index (κ2) is 28.3. The topological polar surface area (TPSA) is 182 Å². The van der Waals surface area contributed by atoms with E-state index < -0.39 is 54.1 Å². The average molecular weight is 941 g/mol. The van der Waals surface area contributed by atoms with Crippen molar-refractivity contribution in [1.82, 2.24) is 5.32 Å². The Morgan fingerprint density at radius 2 is 1.44 bits per heavy atom. The summed E-state index contributed by atoms with van der Waals surface area (Å²) in [6, 6.07) is 15.4. The molecule has 1 amide bonds. The molecular weight excluding hydrogens is 883 g/mol. The molecule has 0 radical (unpaired) electrons. The zero-order chi connectivity index (χ0) is 47.1. The number of hydrogen-bond acceptors (Lipinski definition) is 14. The number of halogens is 4. The molecule has 64 heavy (non-hydrogen) atoms. The Kier molecular flexibility index (Phi) is 23.8. The Hall–Kier alpha value is -4.64. The van der Waals surface area contributed by atoms with E-state index in [2.05, 4.69) is 16.7 Å². The molecule has 0 saturated carbocycles. The van der Waals surface area contributed by atoms with Gasteiger partial charge in [-0.25, -0.2) is 18.4 Å². The van der Waals surface area contributed by atoms with Crippen LogP contribution in [0.25, 0.3) is 0 Å². The second-order valence-corrected chi connectivity index (χ2v) is 16.2. The van der Waals surface area contributed by atoms with Crippen LogP contribution in [-0.4, -0.2) is 117 Å². The fourth-order valence-corrected chi connectivity index (χ4v) is 6.75. The van der Waals surface area contributed by atoms with Crippen LogP contribution in [0, 0.1) is 34.3 Å². The van der Waals surface area contributed by atoms with Gasteiger partial charge in [0.15, 0.2) is 0 Å². The maximum atomic E-state index is 15.4. The minimum Gasteiger partial charge on any atom is -0.495 e. The molecular formula is C45H57Cl2F2N3O12. The highest BCUT2D eigenvalue weighted by molar-refractivity contribution is 6.31. The summed E-state index contributed by atoms with van der Waals surface area (Å²) in [5.74, 6) is -3.85. The van der Waals surface area contributed by atoms with Crippen molar-refractivity contribution < 1.29 is 65.8 Å². The predicted molar refractivity (Wildman–Crippen MR) is 234 cm³/mol. The van der Waals surface area contributed by atoms with Crippen molar-refractivity contribution in [2.75, 3.05) is 85.6 Å². The normalized spacial score (nSPS) is 17.3. The zero-order valence-electron chi connectivity index (χ0n) is 36.8. The van der Waals surface area contributed by atoms with Crippen molar-refractivity contribution in [2.45, 2.75) is 58.4 Å². The lowest BCUT2D eigenvalue weighted by Gasteiger charge is -2.25. The van der Waals surface area contributed by atoms with Gasteiger partial charge in [0, 0.05) is 31.0 Å². The lowest BCUT2D eigenvalue weighted by molar-refractivity contribution is -0.118. The molecule has 3 aromatic rings. The molecule has 1 fully saturated rings. The lowest BCUT2D eigenvalue weighted by atomic mass is 9.77. The molecule has 19 heteroatoms. The van der Waals surface area contributed by atoms with Gasteiger partial charge in [-0.05, 0) is 59.9 Å². The SMILES string of the molecule is COCCOCCOCCOCCOCCOC(=O)OC(C)OC(=O)c1ccc(NC(=O)[C@@H]2NC(CC(C)(C)C)C(C#N)C2c2cccc(Cl)c2F)c(OC)c1.Fc1cccc(Cl)c1. The monoisotopic (exact) mass is 939 g/mol. The number of carbonyl (C=O) groups is 3. The van der Waals surface area contributed by atoms with Crippen molar-refractivity contribution in [3.63, 3.8) is 0 Å². The third-order valence-electron chi connectivity index (χ3n) is 9.19. The molecule has 4 unspecified atom stereocenters. The van der Waals surface area contributed by atoms with Crippen LogP contribution in [0.3, 0.4) is 0 Å². The Morgan fingerprint density at radius 1 is 0.828 bits per heavy atom. The number of esters is 1. The van der Waals surface area contributed by atoms with E-state index in [1.54, 1.807) is 25.3 Å². The van der Waals surface area contributed by atoms with Gasteiger partial charge in [-0.3, -0.25) is 4.79 Å². The van der Waals surface area contributed by atoms with E-state index in [9.17, 15) is 24.0 Å². The Morgan fingerprint density at radius 3 is 1.98 bits per heavy atom. The summed E-state index contributed by atoms with van der Waals surface area (Å²) in [5, 5.41) is 16.6. The van der Waals surface area contributed by atoms with Crippen molar-refractivity contribution in [2.24, 2.45) is 11.3 Å². The first kappa shape index (κ1) is 53.7. The maximum absolute atomic E-state index is 15.4. The molecule has 1 aliphatic rings. The Labute approximate surface area is 382 Å². The van der Waals surface area contributed by atoms with Crippen molar-refractivity contribution in [1.29, 1.82) is 5.26 Å².